The number of methoxy groups -OCH3 is 2. The fraction of sp³-hybridized carbons (Fsp3) is 1.00. The Labute approximate surface area is 83.4 Å². The third-order valence-electron chi connectivity index (χ3n) is 2.24. The first-order valence-electron chi connectivity index (χ1n) is 4.30. The van der Waals surface area contributed by atoms with Crippen molar-refractivity contribution >= 4 is 10.2 Å². The molecule has 0 aliphatic heterocycles. The molecule has 3 radical (unpaired) electrons. The van der Waals surface area contributed by atoms with Gasteiger partial charge in [-0.15, -0.1) is 0 Å². The van der Waals surface area contributed by atoms with Gasteiger partial charge in [0.05, 0.1) is 0 Å². The maximum Gasteiger partial charge on any atom is 0.144 e. The lowest BCUT2D eigenvalue weighted by molar-refractivity contribution is -0.153. The van der Waals surface area contributed by atoms with E-state index in [4.69, 9.17) is 20.9 Å². The summed E-state index contributed by atoms with van der Waals surface area (Å²) in [6.07, 6.45) is 0.630. The average Bonchev–Trinajstić information content (AvgIpc) is 2.13. The van der Waals surface area contributed by atoms with Crippen molar-refractivity contribution in [1.82, 2.24) is 0 Å². The number of nitrogens with two attached hydrogens (primary N) is 2. The Balaban J connectivity index is 4.19. The fourth-order valence-corrected chi connectivity index (χ4v) is 1.34. The van der Waals surface area contributed by atoms with E-state index < -0.39 is 5.41 Å². The summed E-state index contributed by atoms with van der Waals surface area (Å²) in [6.45, 7) is 2.45. The molecule has 0 spiro atoms. The second kappa shape index (κ2) is 5.72. The zero-order chi connectivity index (χ0) is 10.5. The molecule has 0 aliphatic rings. The van der Waals surface area contributed by atoms with Crippen molar-refractivity contribution in [2.45, 2.75) is 24.8 Å². The lowest BCUT2D eigenvalue weighted by Crippen LogP contribution is -2.43. The van der Waals surface area contributed by atoms with E-state index >= 15 is 0 Å². The molecule has 2 unspecified atom stereocenters. The summed E-state index contributed by atoms with van der Waals surface area (Å²) in [5.74, 6) is 0.178. The monoisotopic (exact) mass is 203 g/mol. The molecular formula is C8H19N2O2Si. The lowest BCUT2D eigenvalue weighted by atomic mass is 9.98. The molecule has 0 saturated carbocycles. The van der Waals surface area contributed by atoms with Crippen molar-refractivity contribution in [2.75, 3.05) is 20.8 Å². The van der Waals surface area contributed by atoms with Crippen LogP contribution in [0.2, 0.25) is 0 Å². The summed E-state index contributed by atoms with van der Waals surface area (Å²) in [5.41, 5.74) is 10.6. The number of hydrogen-bond acceptors (Lipinski definition) is 4. The largest absolute Gasteiger partial charge is 0.358 e. The zero-order valence-electron chi connectivity index (χ0n) is 8.54. The lowest BCUT2D eigenvalue weighted by Gasteiger charge is -2.31. The van der Waals surface area contributed by atoms with Crippen LogP contribution in [-0.4, -0.2) is 42.5 Å². The normalized spacial score (nSPS) is 17.1. The van der Waals surface area contributed by atoms with Gasteiger partial charge in [-0.25, -0.2) is 0 Å². The van der Waals surface area contributed by atoms with E-state index in [9.17, 15) is 0 Å². The number of hydrogen-bond donors (Lipinski definition) is 2. The first kappa shape index (κ1) is 13.1. The molecular weight excluding hydrogens is 184 g/mol. The predicted octanol–water partition coefficient (Wildman–Crippen LogP) is -0.586. The van der Waals surface area contributed by atoms with Gasteiger partial charge in [-0.1, -0.05) is 0 Å². The van der Waals surface area contributed by atoms with E-state index in [1.54, 1.807) is 14.2 Å². The molecule has 0 amide bonds. The Bertz CT molecular complexity index is 140. The van der Waals surface area contributed by atoms with Crippen molar-refractivity contribution < 1.29 is 9.47 Å². The van der Waals surface area contributed by atoms with Gasteiger partial charge in [0.15, 0.2) is 0 Å². The summed E-state index contributed by atoms with van der Waals surface area (Å²) in [6, 6.07) is 0.0334. The Kier molecular flexibility index (Phi) is 5.74. The van der Waals surface area contributed by atoms with E-state index in [0.29, 0.717) is 13.0 Å². The zero-order valence-corrected chi connectivity index (χ0v) is 9.54. The van der Waals surface area contributed by atoms with E-state index in [-0.39, 0.29) is 12.0 Å². The second-order valence-corrected chi connectivity index (χ2v) is 3.98. The molecule has 0 bridgehead atoms. The Morgan fingerprint density at radius 3 is 2.08 bits per heavy atom. The molecule has 4 N–H and O–H groups in total. The molecule has 0 aromatic carbocycles. The first-order chi connectivity index (χ1) is 5.99. The summed E-state index contributed by atoms with van der Waals surface area (Å²) >= 11 is 0. The SMILES string of the molecule is COC([Si])(CC(CN)C(C)N)OC. The van der Waals surface area contributed by atoms with E-state index in [2.05, 4.69) is 10.2 Å². The van der Waals surface area contributed by atoms with Crippen molar-refractivity contribution in [2.24, 2.45) is 17.4 Å². The van der Waals surface area contributed by atoms with Gasteiger partial charge in [-0.2, -0.15) is 0 Å². The minimum Gasteiger partial charge on any atom is -0.358 e. The van der Waals surface area contributed by atoms with Crippen LogP contribution >= 0.6 is 0 Å². The number of ether oxygens (including phenoxy) is 2. The van der Waals surface area contributed by atoms with Crippen LogP contribution in [-0.2, 0) is 9.47 Å². The molecule has 0 aromatic rings. The van der Waals surface area contributed by atoms with Gasteiger partial charge in [0.25, 0.3) is 0 Å². The Morgan fingerprint density at radius 2 is 1.85 bits per heavy atom. The fourth-order valence-electron chi connectivity index (χ4n) is 1.08. The van der Waals surface area contributed by atoms with Crippen LogP contribution in [0.3, 0.4) is 0 Å². The number of rotatable bonds is 6. The highest BCUT2D eigenvalue weighted by atomic mass is 28.1. The van der Waals surface area contributed by atoms with E-state index in [0.717, 1.165) is 0 Å². The van der Waals surface area contributed by atoms with Crippen molar-refractivity contribution in [3.63, 3.8) is 0 Å². The molecule has 13 heavy (non-hydrogen) atoms. The van der Waals surface area contributed by atoms with Crippen molar-refractivity contribution in [3.8, 4) is 0 Å². The van der Waals surface area contributed by atoms with Crippen LogP contribution in [0.1, 0.15) is 13.3 Å². The molecule has 0 fully saturated rings. The minimum absolute atomic E-state index is 0.0334. The maximum absolute atomic E-state index is 5.75. The van der Waals surface area contributed by atoms with Gasteiger partial charge in [0, 0.05) is 26.7 Å². The van der Waals surface area contributed by atoms with Crippen LogP contribution in [0.25, 0.3) is 0 Å². The second-order valence-electron chi connectivity index (χ2n) is 3.22. The van der Waals surface area contributed by atoms with Crippen LogP contribution in [0, 0.1) is 5.92 Å². The first-order valence-corrected chi connectivity index (χ1v) is 4.80. The highest BCUT2D eigenvalue weighted by molar-refractivity contribution is 6.13. The van der Waals surface area contributed by atoms with Gasteiger partial charge < -0.3 is 20.9 Å². The van der Waals surface area contributed by atoms with Gasteiger partial charge in [-0.3, -0.25) is 0 Å². The third kappa shape index (κ3) is 4.19. The van der Waals surface area contributed by atoms with Crippen molar-refractivity contribution in [3.05, 3.63) is 0 Å². The average molecular weight is 203 g/mol. The maximum atomic E-state index is 5.75. The molecule has 77 valence electrons. The van der Waals surface area contributed by atoms with Gasteiger partial charge in [0.1, 0.15) is 15.7 Å². The van der Waals surface area contributed by atoms with Crippen LogP contribution in [0.4, 0.5) is 0 Å². The molecule has 0 aliphatic carbocycles. The summed E-state index contributed by atoms with van der Waals surface area (Å²) in [5, 5.41) is 0. The van der Waals surface area contributed by atoms with E-state index in [1.165, 1.54) is 0 Å². The topological polar surface area (TPSA) is 70.5 Å². The molecule has 5 heteroatoms. The standard InChI is InChI=1S/C8H19N2O2Si/c1-6(10)7(5-9)4-8(13,11-2)12-3/h6-7H,4-5,9-10H2,1-3H3. The molecule has 0 aromatic heterocycles. The minimum atomic E-state index is -0.766. The van der Waals surface area contributed by atoms with Crippen molar-refractivity contribution in [1.29, 1.82) is 0 Å². The van der Waals surface area contributed by atoms with Crippen LogP contribution in [0.5, 0.6) is 0 Å². The molecule has 2 atom stereocenters. The Hall–Kier alpha value is 0.0569. The highest BCUT2D eigenvalue weighted by Gasteiger charge is 2.28. The molecule has 0 rings (SSSR count). The predicted molar refractivity (Wildman–Crippen MR) is 53.3 cm³/mol. The quantitative estimate of drug-likeness (QED) is 0.447. The molecule has 4 nitrogen and oxygen atoms in total. The highest BCUT2D eigenvalue weighted by Crippen LogP contribution is 2.19. The van der Waals surface area contributed by atoms with E-state index in [1.807, 2.05) is 6.92 Å². The molecule has 0 heterocycles. The van der Waals surface area contributed by atoms with Gasteiger partial charge in [-0.05, 0) is 19.4 Å². The Morgan fingerprint density at radius 1 is 1.38 bits per heavy atom. The summed E-state index contributed by atoms with van der Waals surface area (Å²) in [4.78, 5) is 0. The summed E-state index contributed by atoms with van der Waals surface area (Å²) in [7, 11) is 6.54. The summed E-state index contributed by atoms with van der Waals surface area (Å²) < 4.78 is 10.3. The molecule has 0 saturated heterocycles. The van der Waals surface area contributed by atoms with Gasteiger partial charge >= 0.3 is 0 Å². The third-order valence-corrected chi connectivity index (χ3v) is 2.85. The van der Waals surface area contributed by atoms with Gasteiger partial charge in [0.2, 0.25) is 0 Å². The smallest absolute Gasteiger partial charge is 0.144 e. The van der Waals surface area contributed by atoms with Crippen LogP contribution < -0.4 is 11.5 Å². The van der Waals surface area contributed by atoms with Crippen LogP contribution in [0.15, 0.2) is 0 Å².